The third kappa shape index (κ3) is 6.35. The van der Waals surface area contributed by atoms with E-state index in [0.29, 0.717) is 18.4 Å². The highest BCUT2D eigenvalue weighted by molar-refractivity contribution is 5.82. The van der Waals surface area contributed by atoms with Gasteiger partial charge in [0.25, 0.3) is 0 Å². The first kappa shape index (κ1) is 29.3. The number of methoxy groups -OCH3 is 1. The summed E-state index contributed by atoms with van der Waals surface area (Å²) < 4.78 is 72.5. The van der Waals surface area contributed by atoms with Crippen molar-refractivity contribution in [3.05, 3.63) is 71.5 Å². The second-order valence-corrected chi connectivity index (χ2v) is 11.0. The zero-order valence-electron chi connectivity index (χ0n) is 22.8. The first-order valence-electron chi connectivity index (χ1n) is 13.9. The minimum Gasteiger partial charge on any atom is -0.453 e. The number of alkyl halides is 3. The van der Waals surface area contributed by atoms with Crippen LogP contribution >= 0.6 is 0 Å². The normalized spacial score (nSPS) is 27.9. The maximum Gasteiger partial charge on any atom is 0.471 e. The average Bonchev–Trinajstić information content (AvgIpc) is 3.55. The van der Waals surface area contributed by atoms with E-state index in [0.717, 1.165) is 23.3 Å². The number of likely N-dealkylation sites (tertiary alicyclic amines) is 1. The minimum atomic E-state index is -5.11. The molecule has 2 heterocycles. The quantitative estimate of drug-likeness (QED) is 0.418. The highest BCUT2D eigenvalue weighted by Crippen LogP contribution is 2.41. The molecule has 222 valence electrons. The lowest BCUT2D eigenvalue weighted by Crippen LogP contribution is -2.56. The first-order valence-corrected chi connectivity index (χ1v) is 13.9. The minimum absolute atomic E-state index is 0.0571. The number of ether oxygens (including phenoxy) is 3. The van der Waals surface area contributed by atoms with Crippen LogP contribution in [0.3, 0.4) is 0 Å². The predicted octanol–water partition coefficient (Wildman–Crippen LogP) is 5.29. The van der Waals surface area contributed by atoms with E-state index >= 15 is 0 Å². The van der Waals surface area contributed by atoms with Crippen LogP contribution in [0.15, 0.2) is 54.6 Å². The SMILES string of the molecule is COC(=O)N1[C@@H]2COC[C@@H]2[C@H](N(Cc2ccccc2)C(=O)C(F)(F)F)[C@@H]1COC1CCC(c2cccc(F)c2)CC1. The van der Waals surface area contributed by atoms with E-state index in [2.05, 4.69) is 0 Å². The van der Waals surface area contributed by atoms with Gasteiger partial charge in [0.05, 0.1) is 51.2 Å². The number of amides is 2. The summed E-state index contributed by atoms with van der Waals surface area (Å²) in [7, 11) is 1.22. The van der Waals surface area contributed by atoms with Gasteiger partial charge in [0.2, 0.25) is 0 Å². The average molecular weight is 579 g/mol. The van der Waals surface area contributed by atoms with Crippen LogP contribution in [0.5, 0.6) is 0 Å². The van der Waals surface area contributed by atoms with Gasteiger partial charge >= 0.3 is 18.2 Å². The van der Waals surface area contributed by atoms with Crippen molar-refractivity contribution in [1.82, 2.24) is 9.80 Å². The topological polar surface area (TPSA) is 68.3 Å². The Balaban J connectivity index is 1.37. The van der Waals surface area contributed by atoms with Crippen molar-refractivity contribution in [3.63, 3.8) is 0 Å². The van der Waals surface area contributed by atoms with Crippen molar-refractivity contribution in [1.29, 1.82) is 0 Å². The van der Waals surface area contributed by atoms with E-state index in [1.807, 2.05) is 6.07 Å². The number of benzene rings is 2. The fourth-order valence-corrected chi connectivity index (χ4v) is 6.68. The molecule has 2 amide bonds. The smallest absolute Gasteiger partial charge is 0.453 e. The molecule has 0 unspecified atom stereocenters. The zero-order valence-corrected chi connectivity index (χ0v) is 22.8. The molecule has 0 spiro atoms. The molecular formula is C30H34F4N2O5. The van der Waals surface area contributed by atoms with Gasteiger partial charge in [0.15, 0.2) is 0 Å². The molecule has 2 aliphatic heterocycles. The van der Waals surface area contributed by atoms with Gasteiger partial charge in [-0.15, -0.1) is 0 Å². The highest BCUT2D eigenvalue weighted by atomic mass is 19.4. The number of rotatable bonds is 7. The van der Waals surface area contributed by atoms with Crippen LogP contribution in [0.25, 0.3) is 0 Å². The molecular weight excluding hydrogens is 544 g/mol. The fraction of sp³-hybridized carbons (Fsp3) is 0.533. The molecule has 3 fully saturated rings. The van der Waals surface area contributed by atoms with Crippen LogP contribution in [-0.4, -0.2) is 79.1 Å². The highest BCUT2D eigenvalue weighted by Gasteiger charge is 2.59. The second kappa shape index (κ2) is 12.4. The van der Waals surface area contributed by atoms with E-state index in [4.69, 9.17) is 14.2 Å². The summed E-state index contributed by atoms with van der Waals surface area (Å²) in [5.74, 6) is -2.59. The van der Waals surface area contributed by atoms with Crippen LogP contribution in [0.2, 0.25) is 0 Å². The molecule has 5 rings (SSSR count). The van der Waals surface area contributed by atoms with Crippen molar-refractivity contribution in [2.75, 3.05) is 26.9 Å². The standard InChI is InChI=1S/C30H34F4N2O5/c1-39-29(38)36-25-17-40-16-24(25)27(35(28(37)30(32,33)34)15-19-6-3-2-4-7-19)26(36)18-41-23-12-10-20(11-13-23)21-8-5-9-22(31)14-21/h2-9,14,20,23-27H,10-13,15-18H2,1H3/t20?,23?,24-,25+,26-,27-/m0/s1. The van der Waals surface area contributed by atoms with E-state index in [9.17, 15) is 27.2 Å². The maximum absolute atomic E-state index is 13.9. The third-order valence-corrected chi connectivity index (χ3v) is 8.58. The summed E-state index contributed by atoms with van der Waals surface area (Å²) in [6.45, 7) is -0.102. The van der Waals surface area contributed by atoms with Gasteiger partial charge in [-0.05, 0) is 54.9 Å². The van der Waals surface area contributed by atoms with Crippen molar-refractivity contribution in [2.24, 2.45) is 5.92 Å². The second-order valence-electron chi connectivity index (χ2n) is 11.0. The number of hydrogen-bond acceptors (Lipinski definition) is 5. The molecule has 2 saturated heterocycles. The maximum atomic E-state index is 13.9. The molecule has 7 nitrogen and oxygen atoms in total. The number of halogens is 4. The Bertz CT molecular complexity index is 1200. The molecule has 0 bridgehead atoms. The molecule has 3 aliphatic rings. The lowest BCUT2D eigenvalue weighted by atomic mass is 9.82. The van der Waals surface area contributed by atoms with Crippen molar-refractivity contribution >= 4 is 12.0 Å². The summed E-state index contributed by atoms with van der Waals surface area (Å²) in [6.07, 6.45) is -3.08. The predicted molar refractivity (Wildman–Crippen MR) is 140 cm³/mol. The third-order valence-electron chi connectivity index (χ3n) is 8.58. The van der Waals surface area contributed by atoms with Gasteiger partial charge in [0.1, 0.15) is 5.82 Å². The summed E-state index contributed by atoms with van der Waals surface area (Å²) >= 11 is 0. The summed E-state index contributed by atoms with van der Waals surface area (Å²) in [5, 5.41) is 0. The first-order chi connectivity index (χ1) is 19.7. The van der Waals surface area contributed by atoms with Gasteiger partial charge in [0, 0.05) is 12.5 Å². The van der Waals surface area contributed by atoms with Gasteiger partial charge in [-0.3, -0.25) is 9.69 Å². The number of nitrogens with zero attached hydrogens (tertiary/aromatic N) is 2. The monoisotopic (exact) mass is 578 g/mol. The molecule has 1 saturated carbocycles. The van der Waals surface area contributed by atoms with Gasteiger partial charge in [-0.1, -0.05) is 42.5 Å². The van der Waals surface area contributed by atoms with Crippen LogP contribution in [0, 0.1) is 11.7 Å². The Morgan fingerprint density at radius 3 is 2.41 bits per heavy atom. The zero-order chi connectivity index (χ0) is 29.1. The Labute approximate surface area is 236 Å². The largest absolute Gasteiger partial charge is 0.471 e. The van der Waals surface area contributed by atoms with E-state index in [1.54, 1.807) is 42.5 Å². The van der Waals surface area contributed by atoms with E-state index in [-0.39, 0.29) is 44.2 Å². The summed E-state index contributed by atoms with van der Waals surface area (Å²) in [5.41, 5.74) is 1.47. The summed E-state index contributed by atoms with van der Waals surface area (Å²) in [4.78, 5) is 28.1. The van der Waals surface area contributed by atoms with Crippen molar-refractivity contribution in [3.8, 4) is 0 Å². The molecule has 11 heteroatoms. The van der Waals surface area contributed by atoms with Gasteiger partial charge in [-0.25, -0.2) is 9.18 Å². The fourth-order valence-electron chi connectivity index (χ4n) is 6.68. The number of carbonyl (C=O) groups is 2. The Morgan fingerprint density at radius 1 is 1.02 bits per heavy atom. The lowest BCUT2D eigenvalue weighted by Gasteiger charge is -2.38. The Hall–Kier alpha value is -3.18. The van der Waals surface area contributed by atoms with E-state index in [1.165, 1.54) is 18.1 Å². The number of carbonyl (C=O) groups excluding carboxylic acids is 2. The summed E-state index contributed by atoms with van der Waals surface area (Å²) in [6, 6.07) is 12.6. The van der Waals surface area contributed by atoms with Crippen LogP contribution in [-0.2, 0) is 25.5 Å². The van der Waals surface area contributed by atoms with Gasteiger partial charge in [-0.2, -0.15) is 13.2 Å². The molecule has 2 aromatic carbocycles. The molecule has 0 aromatic heterocycles. The van der Waals surface area contributed by atoms with Crippen LogP contribution < -0.4 is 0 Å². The molecule has 0 N–H and O–H groups in total. The Morgan fingerprint density at radius 2 is 1.76 bits per heavy atom. The van der Waals surface area contributed by atoms with Crippen molar-refractivity contribution in [2.45, 2.75) is 68.6 Å². The Kier molecular flexibility index (Phi) is 8.84. The molecule has 41 heavy (non-hydrogen) atoms. The molecule has 2 aromatic rings. The van der Waals surface area contributed by atoms with Crippen molar-refractivity contribution < 1.29 is 41.4 Å². The van der Waals surface area contributed by atoms with Crippen LogP contribution in [0.4, 0.5) is 22.4 Å². The van der Waals surface area contributed by atoms with Gasteiger partial charge < -0.3 is 19.1 Å². The lowest BCUT2D eigenvalue weighted by molar-refractivity contribution is -0.190. The molecule has 0 radical (unpaired) electrons. The van der Waals surface area contributed by atoms with E-state index < -0.39 is 42.2 Å². The number of fused-ring (bicyclic) bond motifs is 1. The van der Waals surface area contributed by atoms with Crippen LogP contribution in [0.1, 0.15) is 42.7 Å². The number of hydrogen-bond donors (Lipinski definition) is 0. The molecule has 4 atom stereocenters. The molecule has 1 aliphatic carbocycles.